The van der Waals surface area contributed by atoms with E-state index in [-0.39, 0.29) is 30.6 Å². The standard InChI is InChI=1S/C29H35ClN4O6/c1-6-39-25(36)11-8-14-31-24(35)16-23-29-33-32-28(17(2)3)34(29)21-13-12-18(30)15-20(21)26(40-23)19-9-7-10-22(37-4)27(19)38-5/h7,9-10,12-13,15,17,23,26H,6,8,11,14,16H2,1-5H3,(H,31,35)/p+1. The lowest BCUT2D eigenvalue weighted by molar-refractivity contribution is -0.161. The van der Waals surface area contributed by atoms with Crippen molar-refractivity contribution in [3.8, 4) is 17.2 Å². The highest BCUT2D eigenvalue weighted by Gasteiger charge is 2.40. The van der Waals surface area contributed by atoms with E-state index in [0.29, 0.717) is 41.9 Å². The van der Waals surface area contributed by atoms with Gasteiger partial charge in [-0.3, -0.25) is 14.2 Å². The number of hydrogen-bond acceptors (Lipinski definition) is 7. The van der Waals surface area contributed by atoms with Gasteiger partial charge in [0.25, 0.3) is 0 Å². The summed E-state index contributed by atoms with van der Waals surface area (Å²) in [6, 6.07) is 11.3. The first-order valence-corrected chi connectivity index (χ1v) is 13.7. The number of hydrogen-bond donors (Lipinski definition) is 1. The third-order valence-corrected chi connectivity index (χ3v) is 6.91. The number of aromatic nitrogens is 3. The smallest absolute Gasteiger partial charge is 0.305 e. The van der Waals surface area contributed by atoms with Crippen LogP contribution in [0.4, 0.5) is 0 Å². The first-order valence-electron chi connectivity index (χ1n) is 13.4. The van der Waals surface area contributed by atoms with Crippen LogP contribution in [0.3, 0.4) is 0 Å². The van der Waals surface area contributed by atoms with Crippen molar-refractivity contribution < 1.29 is 28.5 Å². The van der Waals surface area contributed by atoms with Crippen LogP contribution in [0.5, 0.6) is 11.5 Å². The number of carbonyl (C=O) groups excluding carboxylic acids is 2. The largest absolute Gasteiger partial charge is 0.493 e. The molecule has 4 rings (SSSR count). The Kier molecular flexibility index (Phi) is 9.65. The van der Waals surface area contributed by atoms with Crippen molar-refractivity contribution in [2.45, 2.75) is 58.2 Å². The second-order valence-corrected chi connectivity index (χ2v) is 10.2. The topological polar surface area (TPSA) is 117 Å². The van der Waals surface area contributed by atoms with Crippen molar-refractivity contribution in [3.05, 3.63) is 64.2 Å². The van der Waals surface area contributed by atoms with Gasteiger partial charge in [-0.05, 0) is 43.7 Å². The van der Waals surface area contributed by atoms with Gasteiger partial charge in [0.05, 0.1) is 37.6 Å². The first kappa shape index (κ1) is 29.4. The molecule has 10 nitrogen and oxygen atoms in total. The second kappa shape index (κ2) is 13.1. The van der Waals surface area contributed by atoms with Gasteiger partial charge in [-0.1, -0.05) is 31.5 Å². The number of amides is 1. The number of carbonyl (C=O) groups is 2. The summed E-state index contributed by atoms with van der Waals surface area (Å²) in [6.45, 7) is 6.53. The van der Waals surface area contributed by atoms with Gasteiger partial charge in [0.15, 0.2) is 11.5 Å². The van der Waals surface area contributed by atoms with E-state index in [2.05, 4.69) is 15.5 Å². The van der Waals surface area contributed by atoms with Crippen LogP contribution in [-0.4, -0.2) is 58.7 Å². The fourth-order valence-electron chi connectivity index (χ4n) is 4.88. The zero-order valence-electron chi connectivity index (χ0n) is 23.4. The average Bonchev–Trinajstić information content (AvgIpc) is 3.33. The highest BCUT2D eigenvalue weighted by Crippen LogP contribution is 2.45. The Hall–Kier alpha value is -3.63. The molecule has 2 aromatic carbocycles. The van der Waals surface area contributed by atoms with Gasteiger partial charge in [-0.2, -0.15) is 0 Å². The van der Waals surface area contributed by atoms with E-state index in [1.165, 1.54) is 0 Å². The van der Waals surface area contributed by atoms with Crippen LogP contribution in [0, 0.1) is 0 Å². The maximum Gasteiger partial charge on any atom is 0.305 e. The number of methoxy groups -OCH3 is 2. The van der Waals surface area contributed by atoms with Crippen molar-refractivity contribution in [1.82, 2.24) is 20.1 Å². The molecular formula is C29H36ClN4O6+. The van der Waals surface area contributed by atoms with E-state index < -0.39 is 12.2 Å². The zero-order valence-corrected chi connectivity index (χ0v) is 24.2. The van der Waals surface area contributed by atoms with Crippen LogP contribution in [0.15, 0.2) is 36.4 Å². The van der Waals surface area contributed by atoms with Crippen molar-refractivity contribution in [2.75, 3.05) is 27.4 Å². The van der Waals surface area contributed by atoms with Gasteiger partial charge in [0, 0.05) is 23.9 Å². The summed E-state index contributed by atoms with van der Waals surface area (Å²) in [4.78, 5) is 24.8. The molecular weight excluding hydrogens is 536 g/mol. The first-order chi connectivity index (χ1) is 19.3. The van der Waals surface area contributed by atoms with Gasteiger partial charge in [0.1, 0.15) is 12.2 Å². The molecule has 2 heterocycles. The molecule has 1 amide bonds. The Balaban J connectivity index is 1.74. The number of halogens is 1. The van der Waals surface area contributed by atoms with Crippen LogP contribution in [0.25, 0.3) is 5.69 Å². The molecule has 0 saturated carbocycles. The number of rotatable bonds is 11. The van der Waals surface area contributed by atoms with Gasteiger partial charge >= 0.3 is 5.97 Å². The lowest BCUT2D eigenvalue weighted by Gasteiger charge is -2.21. The molecule has 1 aliphatic heterocycles. The van der Waals surface area contributed by atoms with Gasteiger partial charge in [0.2, 0.25) is 23.9 Å². The number of benzene rings is 2. The molecule has 2 N–H and O–H groups in total. The van der Waals surface area contributed by atoms with Crippen LogP contribution >= 0.6 is 11.6 Å². The quantitative estimate of drug-likeness (QED) is 0.203. The molecule has 2 atom stereocenters. The number of para-hydroxylation sites is 1. The van der Waals surface area contributed by atoms with Gasteiger partial charge in [-0.25, -0.2) is 0 Å². The number of aliphatic hydroxyl groups is 2. The highest BCUT2D eigenvalue weighted by atomic mass is 35.5. The molecule has 0 radical (unpaired) electrons. The minimum Gasteiger partial charge on any atom is -0.493 e. The summed E-state index contributed by atoms with van der Waals surface area (Å²) >= 11 is 6.52. The molecule has 0 fully saturated rings. The molecule has 0 aliphatic carbocycles. The number of nitrogens with zero attached hydrogens (tertiary/aromatic N) is 3. The maximum atomic E-state index is 13.1. The minimum atomic E-state index is -0.628. The Morgan fingerprint density at radius 1 is 1.12 bits per heavy atom. The normalized spacial score (nSPS) is 16.1. The fraction of sp³-hybridized carbons (Fsp3) is 0.448. The average molecular weight is 572 g/mol. The molecule has 11 heteroatoms. The van der Waals surface area contributed by atoms with E-state index in [1.54, 1.807) is 21.1 Å². The van der Waals surface area contributed by atoms with E-state index in [9.17, 15) is 9.59 Å². The Morgan fingerprint density at radius 3 is 2.62 bits per heavy atom. The third kappa shape index (κ3) is 6.23. The van der Waals surface area contributed by atoms with Crippen molar-refractivity contribution in [3.63, 3.8) is 0 Å². The van der Waals surface area contributed by atoms with E-state index in [1.807, 2.05) is 54.8 Å². The summed E-state index contributed by atoms with van der Waals surface area (Å²) in [5.41, 5.74) is 2.44. The molecule has 1 aliphatic rings. The molecule has 214 valence electrons. The molecule has 1 aromatic heterocycles. The molecule has 0 spiro atoms. The van der Waals surface area contributed by atoms with Crippen LogP contribution in [-0.2, 0) is 14.3 Å². The maximum absolute atomic E-state index is 13.1. The molecule has 0 saturated heterocycles. The Bertz CT molecular complexity index is 1360. The van der Waals surface area contributed by atoms with Gasteiger partial charge < -0.3 is 24.3 Å². The van der Waals surface area contributed by atoms with Crippen molar-refractivity contribution >= 4 is 23.5 Å². The summed E-state index contributed by atoms with van der Waals surface area (Å²) in [5.74, 6) is 2.01. The molecule has 40 heavy (non-hydrogen) atoms. The van der Waals surface area contributed by atoms with E-state index in [0.717, 1.165) is 22.6 Å². The fourth-order valence-corrected chi connectivity index (χ4v) is 5.06. The monoisotopic (exact) mass is 571 g/mol. The van der Waals surface area contributed by atoms with Crippen molar-refractivity contribution in [2.24, 2.45) is 0 Å². The lowest BCUT2D eigenvalue weighted by Crippen LogP contribution is -2.29. The number of nitrogens with one attached hydrogen (secondary N) is 1. The minimum absolute atomic E-state index is 0.0418. The molecule has 0 bridgehead atoms. The van der Waals surface area contributed by atoms with Gasteiger partial charge in [-0.15, -0.1) is 10.2 Å². The Morgan fingerprint density at radius 2 is 1.93 bits per heavy atom. The van der Waals surface area contributed by atoms with E-state index >= 15 is 0 Å². The third-order valence-electron chi connectivity index (χ3n) is 6.67. The summed E-state index contributed by atoms with van der Waals surface area (Å²) in [6.07, 6.45) is -0.408. The van der Waals surface area contributed by atoms with Crippen LogP contribution in [0.1, 0.15) is 80.9 Å². The SMILES string of the molecule is CCOC(=O)CCCNC(=O)CC1[OH+]C(c2cccc(OC)c2OC)c2cc(Cl)ccc2-n2c(C(C)C)nnc21. The van der Waals surface area contributed by atoms with E-state index in [4.69, 9.17) is 30.5 Å². The number of ether oxygens (including phenoxy) is 4. The Labute approximate surface area is 238 Å². The summed E-state index contributed by atoms with van der Waals surface area (Å²) in [5, 5.41) is 12.5. The molecule has 2 unspecified atom stereocenters. The highest BCUT2D eigenvalue weighted by molar-refractivity contribution is 6.30. The van der Waals surface area contributed by atoms with Crippen LogP contribution < -0.4 is 14.8 Å². The lowest BCUT2D eigenvalue weighted by atomic mass is 9.98. The number of esters is 1. The van der Waals surface area contributed by atoms with Crippen molar-refractivity contribution in [1.29, 1.82) is 0 Å². The summed E-state index contributed by atoms with van der Waals surface area (Å²) in [7, 11) is 3.17. The molecule has 3 aromatic rings. The number of fused-ring (bicyclic) bond motifs is 3. The van der Waals surface area contributed by atoms with Crippen LogP contribution in [0.2, 0.25) is 5.02 Å². The second-order valence-electron chi connectivity index (χ2n) is 9.72. The summed E-state index contributed by atoms with van der Waals surface area (Å²) < 4.78 is 23.5. The predicted octanol–water partition coefficient (Wildman–Crippen LogP) is 4.58. The zero-order chi connectivity index (χ0) is 28.8. The predicted molar refractivity (Wildman–Crippen MR) is 150 cm³/mol.